The van der Waals surface area contributed by atoms with Crippen LogP contribution >= 0.6 is 0 Å². The Morgan fingerprint density at radius 1 is 0.968 bits per heavy atom. The van der Waals surface area contributed by atoms with E-state index in [0.717, 1.165) is 12.0 Å². The van der Waals surface area contributed by atoms with Crippen LogP contribution in [0.4, 0.5) is 4.79 Å². The van der Waals surface area contributed by atoms with E-state index in [1.54, 1.807) is 19.1 Å². The first-order valence-electron chi connectivity index (χ1n) is 10.5. The Morgan fingerprint density at radius 2 is 1.74 bits per heavy atom. The highest BCUT2D eigenvalue weighted by molar-refractivity contribution is 6.04. The number of amides is 2. The van der Waals surface area contributed by atoms with Crippen molar-refractivity contribution in [3.8, 4) is 11.5 Å². The van der Waals surface area contributed by atoms with Gasteiger partial charge in [0.15, 0.2) is 11.5 Å². The predicted molar refractivity (Wildman–Crippen MR) is 118 cm³/mol. The monoisotopic (exact) mass is 424 g/mol. The first-order chi connectivity index (χ1) is 15.1. The third-order valence-corrected chi connectivity index (χ3v) is 4.69. The van der Waals surface area contributed by atoms with Crippen molar-refractivity contribution >= 4 is 17.7 Å². The molecule has 0 aliphatic carbocycles. The Morgan fingerprint density at radius 3 is 2.42 bits per heavy atom. The summed E-state index contributed by atoms with van der Waals surface area (Å²) in [6.07, 6.45) is 0.869. The van der Waals surface area contributed by atoms with Crippen LogP contribution in [0.5, 0.6) is 11.5 Å². The van der Waals surface area contributed by atoms with Crippen LogP contribution < -0.4 is 20.1 Å². The van der Waals surface area contributed by atoms with Gasteiger partial charge in [0.25, 0.3) is 0 Å². The smallest absolute Gasteiger partial charge is 0.338 e. The number of rotatable bonds is 9. The summed E-state index contributed by atoms with van der Waals surface area (Å²) in [5, 5.41) is 5.62. The van der Waals surface area contributed by atoms with E-state index in [9.17, 15) is 9.59 Å². The van der Waals surface area contributed by atoms with Gasteiger partial charge in [-0.15, -0.1) is 0 Å². The molecule has 1 atom stereocenters. The maximum atomic E-state index is 13.0. The van der Waals surface area contributed by atoms with E-state index in [4.69, 9.17) is 14.2 Å². The van der Waals surface area contributed by atoms with Crippen molar-refractivity contribution in [2.45, 2.75) is 33.2 Å². The van der Waals surface area contributed by atoms with Crippen molar-refractivity contribution in [1.29, 1.82) is 0 Å². The van der Waals surface area contributed by atoms with Gasteiger partial charge in [-0.05, 0) is 43.5 Å². The molecule has 0 spiro atoms. The summed E-state index contributed by atoms with van der Waals surface area (Å²) in [6, 6.07) is 13.6. The zero-order valence-corrected chi connectivity index (χ0v) is 18.1. The van der Waals surface area contributed by atoms with E-state index < -0.39 is 18.0 Å². The van der Waals surface area contributed by atoms with Gasteiger partial charge < -0.3 is 24.8 Å². The third kappa shape index (κ3) is 5.17. The van der Waals surface area contributed by atoms with E-state index in [-0.39, 0.29) is 6.61 Å². The lowest BCUT2D eigenvalue weighted by Gasteiger charge is -2.30. The van der Waals surface area contributed by atoms with Crippen molar-refractivity contribution in [3.63, 3.8) is 0 Å². The lowest BCUT2D eigenvalue weighted by molar-refractivity contribution is -0.138. The molecule has 2 amide bonds. The minimum Gasteiger partial charge on any atom is -0.490 e. The Hall–Kier alpha value is -3.48. The maximum Gasteiger partial charge on any atom is 0.338 e. The molecule has 1 aliphatic heterocycles. The van der Waals surface area contributed by atoms with E-state index in [1.807, 2.05) is 50.2 Å². The average Bonchev–Trinajstić information content (AvgIpc) is 2.78. The number of esters is 1. The molecule has 0 bridgehead atoms. The zero-order chi connectivity index (χ0) is 22.2. The van der Waals surface area contributed by atoms with Crippen LogP contribution in [0.2, 0.25) is 0 Å². The standard InChI is InChI=1S/C24H28N2O5/c1-4-14-31-18-13-12-17(15-19(18)29-5-2)22-20(23(27)30-6-3)21(25-24(28)26-22)16-10-8-7-9-11-16/h7-13,15,22H,4-6,14H2,1-3H3,(H2,25,26,28). The summed E-state index contributed by atoms with van der Waals surface area (Å²) in [6.45, 7) is 6.91. The SMILES string of the molecule is CCCOc1ccc(C2NC(=O)NC(c3ccccc3)=C2C(=O)OCC)cc1OCC. The quantitative estimate of drug-likeness (QED) is 0.589. The van der Waals surface area contributed by atoms with Crippen LogP contribution in [-0.4, -0.2) is 31.8 Å². The second-order valence-electron chi connectivity index (χ2n) is 6.89. The van der Waals surface area contributed by atoms with Gasteiger partial charge in [-0.2, -0.15) is 0 Å². The minimum absolute atomic E-state index is 0.221. The summed E-state index contributed by atoms with van der Waals surface area (Å²) >= 11 is 0. The summed E-state index contributed by atoms with van der Waals surface area (Å²) in [5.41, 5.74) is 2.17. The summed E-state index contributed by atoms with van der Waals surface area (Å²) in [7, 11) is 0. The number of nitrogens with one attached hydrogen (secondary N) is 2. The largest absolute Gasteiger partial charge is 0.490 e. The molecule has 1 unspecified atom stereocenters. The second kappa shape index (κ2) is 10.5. The van der Waals surface area contributed by atoms with Crippen molar-refractivity contribution in [2.24, 2.45) is 0 Å². The number of benzene rings is 2. The predicted octanol–water partition coefficient (Wildman–Crippen LogP) is 4.20. The van der Waals surface area contributed by atoms with E-state index >= 15 is 0 Å². The Balaban J connectivity index is 2.11. The number of ether oxygens (including phenoxy) is 3. The molecular formula is C24H28N2O5. The molecule has 0 radical (unpaired) electrons. The van der Waals surface area contributed by atoms with Crippen LogP contribution in [0, 0.1) is 0 Å². The van der Waals surface area contributed by atoms with Crippen LogP contribution in [0.15, 0.2) is 54.1 Å². The molecule has 7 nitrogen and oxygen atoms in total. The first-order valence-corrected chi connectivity index (χ1v) is 10.5. The molecular weight excluding hydrogens is 396 g/mol. The van der Waals surface area contributed by atoms with Crippen LogP contribution in [0.25, 0.3) is 5.70 Å². The first kappa shape index (κ1) is 22.2. The molecule has 164 valence electrons. The number of urea groups is 1. The normalized spacial score (nSPS) is 15.7. The summed E-state index contributed by atoms with van der Waals surface area (Å²) in [5.74, 6) is 0.687. The molecule has 31 heavy (non-hydrogen) atoms. The molecule has 0 saturated heterocycles. The van der Waals surface area contributed by atoms with E-state index in [0.29, 0.717) is 41.5 Å². The maximum absolute atomic E-state index is 13.0. The molecule has 0 fully saturated rings. The van der Waals surface area contributed by atoms with Crippen molar-refractivity contribution in [3.05, 3.63) is 65.2 Å². The van der Waals surface area contributed by atoms with Crippen LogP contribution in [0.1, 0.15) is 44.4 Å². The van der Waals surface area contributed by atoms with Gasteiger partial charge in [0.2, 0.25) is 0 Å². The van der Waals surface area contributed by atoms with Gasteiger partial charge in [0.05, 0.1) is 37.1 Å². The highest BCUT2D eigenvalue weighted by Crippen LogP contribution is 2.36. The Kier molecular flexibility index (Phi) is 7.54. The van der Waals surface area contributed by atoms with Gasteiger partial charge in [-0.25, -0.2) is 9.59 Å². The van der Waals surface area contributed by atoms with Crippen LogP contribution in [-0.2, 0) is 9.53 Å². The highest BCUT2D eigenvalue weighted by atomic mass is 16.5. The second-order valence-corrected chi connectivity index (χ2v) is 6.89. The fourth-order valence-electron chi connectivity index (χ4n) is 3.38. The lowest BCUT2D eigenvalue weighted by Crippen LogP contribution is -2.45. The fourth-order valence-corrected chi connectivity index (χ4v) is 3.38. The number of carbonyl (C=O) groups excluding carboxylic acids is 2. The van der Waals surface area contributed by atoms with Crippen molar-refractivity contribution < 1.29 is 23.8 Å². The van der Waals surface area contributed by atoms with Gasteiger partial charge in [0, 0.05) is 0 Å². The molecule has 1 aliphatic rings. The van der Waals surface area contributed by atoms with Gasteiger partial charge in [0.1, 0.15) is 0 Å². The van der Waals surface area contributed by atoms with Gasteiger partial charge in [-0.1, -0.05) is 43.3 Å². The fraction of sp³-hybridized carbons (Fsp3) is 0.333. The van der Waals surface area contributed by atoms with Crippen LogP contribution in [0.3, 0.4) is 0 Å². The topological polar surface area (TPSA) is 85.9 Å². The zero-order valence-electron chi connectivity index (χ0n) is 18.1. The molecule has 2 aromatic carbocycles. The van der Waals surface area contributed by atoms with Gasteiger partial charge in [-0.3, -0.25) is 0 Å². The average molecular weight is 424 g/mol. The molecule has 1 heterocycles. The molecule has 7 heteroatoms. The lowest BCUT2D eigenvalue weighted by atomic mass is 9.92. The molecule has 3 rings (SSSR count). The van der Waals surface area contributed by atoms with Crippen molar-refractivity contribution in [2.75, 3.05) is 19.8 Å². The Bertz CT molecular complexity index is 956. The van der Waals surface area contributed by atoms with Crippen molar-refractivity contribution in [1.82, 2.24) is 10.6 Å². The third-order valence-electron chi connectivity index (χ3n) is 4.69. The van der Waals surface area contributed by atoms with Gasteiger partial charge >= 0.3 is 12.0 Å². The number of hydrogen-bond donors (Lipinski definition) is 2. The molecule has 0 saturated carbocycles. The highest BCUT2D eigenvalue weighted by Gasteiger charge is 2.34. The summed E-state index contributed by atoms with van der Waals surface area (Å²) in [4.78, 5) is 25.5. The number of hydrogen-bond acceptors (Lipinski definition) is 5. The summed E-state index contributed by atoms with van der Waals surface area (Å²) < 4.78 is 16.9. The minimum atomic E-state index is -0.706. The molecule has 2 N–H and O–H groups in total. The number of carbonyl (C=O) groups is 2. The van der Waals surface area contributed by atoms with E-state index in [2.05, 4.69) is 10.6 Å². The van der Waals surface area contributed by atoms with E-state index in [1.165, 1.54) is 0 Å². The molecule has 2 aromatic rings. The molecule has 0 aromatic heterocycles. The Labute approximate surface area is 182 Å².